The summed E-state index contributed by atoms with van der Waals surface area (Å²) in [6.45, 7) is 14.6. The number of fused-ring (bicyclic) bond motifs is 1. The zero-order chi connectivity index (χ0) is 26.5. The normalized spacial score (nSPS) is 17.9. The van der Waals surface area contributed by atoms with Crippen LogP contribution in [-0.4, -0.2) is 16.3 Å². The van der Waals surface area contributed by atoms with Gasteiger partial charge in [0.05, 0.1) is 16.9 Å². The third-order valence-corrected chi connectivity index (χ3v) is 6.90. The van der Waals surface area contributed by atoms with Gasteiger partial charge in [-0.25, -0.2) is 4.98 Å². The van der Waals surface area contributed by atoms with Crippen molar-refractivity contribution in [1.82, 2.24) is 4.98 Å². The first-order valence-electron chi connectivity index (χ1n) is 12.6. The van der Waals surface area contributed by atoms with Crippen molar-refractivity contribution in [2.45, 2.75) is 73.3 Å². The first kappa shape index (κ1) is 27.8. The van der Waals surface area contributed by atoms with Crippen LogP contribution in [0.3, 0.4) is 0 Å². The molecule has 190 valence electrons. The largest absolute Gasteiger partial charge is 0.384 e. The summed E-state index contributed by atoms with van der Waals surface area (Å²) in [5.41, 5.74) is 6.36. The van der Waals surface area contributed by atoms with Crippen LogP contribution in [0.2, 0.25) is 5.02 Å². The van der Waals surface area contributed by atoms with Gasteiger partial charge in [-0.05, 0) is 101 Å². The Bertz CT molecular complexity index is 1300. The second-order valence-electron chi connectivity index (χ2n) is 11.0. The fourth-order valence-electron chi connectivity index (χ4n) is 4.61. The molecule has 1 aromatic heterocycles. The highest BCUT2D eigenvalue weighted by atomic mass is 35.5. The molecule has 1 heterocycles. The fourth-order valence-corrected chi connectivity index (χ4v) is 4.79. The van der Waals surface area contributed by atoms with E-state index in [9.17, 15) is 5.11 Å². The summed E-state index contributed by atoms with van der Waals surface area (Å²) >= 11 is 6.15. The highest BCUT2D eigenvalue weighted by molar-refractivity contribution is 6.31. The standard InChI is InChI=1S/C32H39ClN2O/c1-22(13-15-27-24(3)12-9-18-31(27,4)5)10-8-11-23(2)17-19-34-29-21-25-20-26(33)14-16-28(25)35-30(29)32(6,7)36/h8,10-11,13-17,19-21,36H,9,12,18H2,1-7H3/b11-8+,15-13+,22-10+,23-17+,34-19+. The SMILES string of the molecule is CC1=C(/C=C/C(C)=C/C=C/C(C)=C/C=N/c2cc3cc(Cl)ccc3nc2C(C)(C)O)C(C)(C)CCC1. The number of aromatic nitrogens is 1. The molecule has 1 aliphatic carbocycles. The number of halogens is 1. The lowest BCUT2D eigenvalue weighted by Gasteiger charge is -2.32. The summed E-state index contributed by atoms with van der Waals surface area (Å²) in [7, 11) is 0. The van der Waals surface area contributed by atoms with Crippen LogP contribution in [0.25, 0.3) is 10.9 Å². The van der Waals surface area contributed by atoms with Crippen molar-refractivity contribution in [3.8, 4) is 0 Å². The Kier molecular flexibility index (Phi) is 8.92. The van der Waals surface area contributed by atoms with E-state index < -0.39 is 5.60 Å². The molecule has 0 saturated carbocycles. The molecular formula is C32H39ClN2O. The van der Waals surface area contributed by atoms with Gasteiger partial charge in [0, 0.05) is 16.6 Å². The number of benzene rings is 1. The monoisotopic (exact) mass is 502 g/mol. The minimum atomic E-state index is -1.11. The van der Waals surface area contributed by atoms with Gasteiger partial charge in [-0.3, -0.25) is 4.99 Å². The van der Waals surface area contributed by atoms with Crippen LogP contribution in [0.1, 0.15) is 73.4 Å². The average Bonchev–Trinajstić information content (AvgIpc) is 2.77. The predicted molar refractivity (Wildman–Crippen MR) is 156 cm³/mol. The molecule has 4 heteroatoms. The average molecular weight is 503 g/mol. The van der Waals surface area contributed by atoms with E-state index in [0.717, 1.165) is 16.5 Å². The second kappa shape index (κ2) is 11.5. The molecule has 0 atom stereocenters. The number of aliphatic imine (C=N–C) groups is 1. The molecule has 0 spiro atoms. The second-order valence-corrected chi connectivity index (χ2v) is 11.4. The van der Waals surface area contributed by atoms with Crippen LogP contribution < -0.4 is 0 Å². The van der Waals surface area contributed by atoms with Crippen LogP contribution in [-0.2, 0) is 5.60 Å². The fraction of sp³-hybridized carbons (Fsp3) is 0.375. The zero-order valence-corrected chi connectivity index (χ0v) is 23.4. The van der Waals surface area contributed by atoms with Crippen LogP contribution in [0.4, 0.5) is 5.69 Å². The predicted octanol–water partition coefficient (Wildman–Crippen LogP) is 9.35. The Morgan fingerprint density at radius 2 is 1.83 bits per heavy atom. The molecule has 3 rings (SSSR count). The quantitative estimate of drug-likeness (QED) is 0.302. The van der Waals surface area contributed by atoms with Crippen molar-refractivity contribution in [2.24, 2.45) is 10.4 Å². The van der Waals surface area contributed by atoms with Gasteiger partial charge in [-0.15, -0.1) is 0 Å². The lowest BCUT2D eigenvalue weighted by atomic mass is 9.72. The maximum absolute atomic E-state index is 10.6. The lowest BCUT2D eigenvalue weighted by molar-refractivity contribution is 0.0749. The number of hydrogen-bond donors (Lipinski definition) is 1. The van der Waals surface area contributed by atoms with Crippen molar-refractivity contribution in [1.29, 1.82) is 0 Å². The number of pyridine rings is 1. The Morgan fingerprint density at radius 1 is 1.11 bits per heavy atom. The van der Waals surface area contributed by atoms with Crippen LogP contribution in [0.15, 0.2) is 88.0 Å². The molecule has 0 aliphatic heterocycles. The van der Waals surface area contributed by atoms with Gasteiger partial charge in [0.25, 0.3) is 0 Å². The van der Waals surface area contributed by atoms with Crippen molar-refractivity contribution < 1.29 is 5.11 Å². The third-order valence-electron chi connectivity index (χ3n) is 6.66. The van der Waals surface area contributed by atoms with Gasteiger partial charge in [-0.1, -0.05) is 67.0 Å². The van der Waals surface area contributed by atoms with E-state index in [0.29, 0.717) is 16.4 Å². The molecule has 0 radical (unpaired) electrons. The highest BCUT2D eigenvalue weighted by Crippen LogP contribution is 2.40. The molecule has 0 fully saturated rings. The first-order valence-corrected chi connectivity index (χ1v) is 13.0. The smallest absolute Gasteiger partial charge is 0.103 e. The summed E-state index contributed by atoms with van der Waals surface area (Å²) < 4.78 is 0. The number of rotatable bonds is 7. The number of allylic oxidation sites excluding steroid dienone is 10. The Hall–Kier alpha value is -2.75. The Balaban J connectivity index is 1.74. The molecule has 1 aliphatic rings. The topological polar surface area (TPSA) is 45.5 Å². The minimum Gasteiger partial charge on any atom is -0.384 e. The highest BCUT2D eigenvalue weighted by Gasteiger charge is 2.26. The van der Waals surface area contributed by atoms with E-state index in [1.54, 1.807) is 26.1 Å². The van der Waals surface area contributed by atoms with Gasteiger partial charge in [-0.2, -0.15) is 0 Å². The molecule has 0 bridgehead atoms. The van der Waals surface area contributed by atoms with E-state index in [1.807, 2.05) is 31.2 Å². The molecule has 3 nitrogen and oxygen atoms in total. The Labute approximate surface area is 221 Å². The van der Waals surface area contributed by atoms with Crippen LogP contribution in [0.5, 0.6) is 0 Å². The van der Waals surface area contributed by atoms with E-state index in [2.05, 4.69) is 68.1 Å². The lowest BCUT2D eigenvalue weighted by Crippen LogP contribution is -2.19. The third kappa shape index (κ3) is 7.38. The van der Waals surface area contributed by atoms with E-state index in [1.165, 1.54) is 36.0 Å². The van der Waals surface area contributed by atoms with Gasteiger partial charge in [0.1, 0.15) is 5.60 Å². The maximum atomic E-state index is 10.6. The molecule has 2 aromatic rings. The molecule has 0 saturated heterocycles. The Morgan fingerprint density at radius 3 is 2.53 bits per heavy atom. The van der Waals surface area contributed by atoms with Crippen molar-refractivity contribution in [2.75, 3.05) is 0 Å². The van der Waals surface area contributed by atoms with E-state index >= 15 is 0 Å². The molecular weight excluding hydrogens is 464 g/mol. The summed E-state index contributed by atoms with van der Waals surface area (Å²) in [6, 6.07) is 7.43. The molecule has 0 unspecified atom stereocenters. The van der Waals surface area contributed by atoms with Gasteiger partial charge < -0.3 is 5.11 Å². The number of aliphatic hydroxyl groups is 1. The maximum Gasteiger partial charge on any atom is 0.103 e. The molecule has 36 heavy (non-hydrogen) atoms. The summed E-state index contributed by atoms with van der Waals surface area (Å²) in [4.78, 5) is 9.25. The minimum absolute atomic E-state index is 0.255. The van der Waals surface area contributed by atoms with Crippen molar-refractivity contribution >= 4 is 34.4 Å². The zero-order valence-electron chi connectivity index (χ0n) is 22.7. The summed E-state index contributed by atoms with van der Waals surface area (Å²) in [5, 5.41) is 12.2. The van der Waals surface area contributed by atoms with E-state index in [-0.39, 0.29) is 5.41 Å². The summed E-state index contributed by atoms with van der Waals surface area (Å²) in [6.07, 6.45) is 18.2. The van der Waals surface area contributed by atoms with Crippen LogP contribution >= 0.6 is 11.6 Å². The van der Waals surface area contributed by atoms with Gasteiger partial charge in [0.2, 0.25) is 0 Å². The van der Waals surface area contributed by atoms with E-state index in [4.69, 9.17) is 11.6 Å². The van der Waals surface area contributed by atoms with Gasteiger partial charge >= 0.3 is 0 Å². The van der Waals surface area contributed by atoms with Crippen LogP contribution in [0, 0.1) is 5.41 Å². The molecule has 1 N–H and O–H groups in total. The first-order chi connectivity index (χ1) is 16.9. The molecule has 0 amide bonds. The number of nitrogens with zero attached hydrogens (tertiary/aromatic N) is 2. The molecule has 1 aromatic carbocycles. The van der Waals surface area contributed by atoms with Crippen molar-refractivity contribution in [3.63, 3.8) is 0 Å². The number of hydrogen-bond acceptors (Lipinski definition) is 3. The summed E-state index contributed by atoms with van der Waals surface area (Å²) in [5.74, 6) is 0. The van der Waals surface area contributed by atoms with Crippen molar-refractivity contribution in [3.05, 3.63) is 93.7 Å². The van der Waals surface area contributed by atoms with Gasteiger partial charge in [0.15, 0.2) is 0 Å².